The first-order chi connectivity index (χ1) is 7.70. The van der Waals surface area contributed by atoms with E-state index in [1.807, 2.05) is 0 Å². The zero-order valence-corrected chi connectivity index (χ0v) is 9.92. The lowest BCUT2D eigenvalue weighted by molar-refractivity contribution is 0.180. The first-order valence-electron chi connectivity index (χ1n) is 5.25. The van der Waals surface area contributed by atoms with Gasteiger partial charge >= 0.3 is 0 Å². The molecular weight excluding hydrogens is 222 g/mol. The van der Waals surface area contributed by atoms with Gasteiger partial charge in [0.25, 0.3) is 0 Å². The number of anilines is 1. The molecule has 0 fully saturated rings. The molecule has 0 bridgehead atoms. The van der Waals surface area contributed by atoms with Crippen molar-refractivity contribution in [3.8, 4) is 0 Å². The summed E-state index contributed by atoms with van der Waals surface area (Å²) in [6, 6.07) is 4.16. The summed E-state index contributed by atoms with van der Waals surface area (Å²) < 4.78 is 0. The van der Waals surface area contributed by atoms with Crippen molar-refractivity contribution in [1.82, 2.24) is 10.2 Å². The van der Waals surface area contributed by atoms with Crippen molar-refractivity contribution in [1.29, 1.82) is 0 Å². The summed E-state index contributed by atoms with van der Waals surface area (Å²) in [4.78, 5) is 2.51. The van der Waals surface area contributed by atoms with Crippen LogP contribution >= 0.6 is 11.3 Å². The summed E-state index contributed by atoms with van der Waals surface area (Å²) in [6.45, 7) is 2.13. The Hall–Kier alpha value is -1.33. The SMILES string of the molecule is CCc1ccc(CC(O)c2cn[nH]c2N)s1. The zero-order valence-electron chi connectivity index (χ0n) is 9.10. The van der Waals surface area contributed by atoms with Crippen LogP contribution in [0.15, 0.2) is 18.3 Å². The number of hydrogen-bond donors (Lipinski definition) is 3. The lowest BCUT2D eigenvalue weighted by atomic mass is 10.1. The van der Waals surface area contributed by atoms with Crippen LogP contribution in [-0.2, 0) is 12.8 Å². The number of aliphatic hydroxyl groups excluding tert-OH is 1. The highest BCUT2D eigenvalue weighted by Gasteiger charge is 2.14. The van der Waals surface area contributed by atoms with Crippen LogP contribution in [0.1, 0.15) is 28.3 Å². The molecule has 0 spiro atoms. The fourth-order valence-electron chi connectivity index (χ4n) is 1.59. The molecule has 0 aliphatic heterocycles. The van der Waals surface area contributed by atoms with Crippen molar-refractivity contribution in [2.75, 3.05) is 5.73 Å². The number of nitrogens with two attached hydrogens (primary N) is 1. The van der Waals surface area contributed by atoms with Gasteiger partial charge in [0.1, 0.15) is 5.82 Å². The first kappa shape index (κ1) is 11.2. The van der Waals surface area contributed by atoms with Gasteiger partial charge < -0.3 is 10.8 Å². The second-order valence-corrected chi connectivity index (χ2v) is 4.93. The minimum Gasteiger partial charge on any atom is -0.388 e. The smallest absolute Gasteiger partial charge is 0.124 e. The van der Waals surface area contributed by atoms with Crippen molar-refractivity contribution in [3.05, 3.63) is 33.6 Å². The summed E-state index contributed by atoms with van der Waals surface area (Å²) in [5.74, 6) is 0.444. The third kappa shape index (κ3) is 2.25. The minimum atomic E-state index is -0.581. The Kier molecular flexibility index (Phi) is 3.26. The van der Waals surface area contributed by atoms with E-state index >= 15 is 0 Å². The molecule has 1 unspecified atom stereocenters. The van der Waals surface area contributed by atoms with Crippen LogP contribution in [0.25, 0.3) is 0 Å². The maximum Gasteiger partial charge on any atom is 0.124 e. The molecule has 0 saturated carbocycles. The Morgan fingerprint density at radius 1 is 1.50 bits per heavy atom. The largest absolute Gasteiger partial charge is 0.388 e. The van der Waals surface area contributed by atoms with Crippen LogP contribution < -0.4 is 5.73 Å². The van der Waals surface area contributed by atoms with Crippen LogP contribution in [0.4, 0.5) is 5.82 Å². The highest BCUT2D eigenvalue weighted by atomic mass is 32.1. The van der Waals surface area contributed by atoms with Gasteiger partial charge in [-0.05, 0) is 18.6 Å². The van der Waals surface area contributed by atoms with Gasteiger partial charge in [-0.1, -0.05) is 6.92 Å². The van der Waals surface area contributed by atoms with E-state index in [0.29, 0.717) is 17.8 Å². The standard InChI is InChI=1S/C11H15N3OS/c1-2-7-3-4-8(16-7)5-10(15)9-6-13-14-11(9)12/h3-4,6,10,15H,2,5H2,1H3,(H3,12,13,14). The summed E-state index contributed by atoms with van der Waals surface area (Å²) in [5, 5.41) is 16.4. The summed E-state index contributed by atoms with van der Waals surface area (Å²) >= 11 is 1.73. The number of aliphatic hydroxyl groups is 1. The van der Waals surface area contributed by atoms with E-state index in [1.54, 1.807) is 17.5 Å². The number of rotatable bonds is 4. The predicted molar refractivity (Wildman–Crippen MR) is 65.4 cm³/mol. The first-order valence-corrected chi connectivity index (χ1v) is 6.06. The Bertz CT molecular complexity index is 463. The Morgan fingerprint density at radius 3 is 2.81 bits per heavy atom. The number of aromatic amines is 1. The van der Waals surface area contributed by atoms with Crippen LogP contribution in [0.3, 0.4) is 0 Å². The second kappa shape index (κ2) is 4.67. The average Bonchev–Trinajstić information content (AvgIpc) is 2.86. The summed E-state index contributed by atoms with van der Waals surface area (Å²) in [5.41, 5.74) is 6.32. The molecule has 16 heavy (non-hydrogen) atoms. The molecule has 2 aromatic rings. The fraction of sp³-hybridized carbons (Fsp3) is 0.364. The van der Waals surface area contributed by atoms with Gasteiger partial charge in [0.05, 0.1) is 12.3 Å². The van der Waals surface area contributed by atoms with E-state index in [-0.39, 0.29) is 0 Å². The summed E-state index contributed by atoms with van der Waals surface area (Å²) in [7, 11) is 0. The van der Waals surface area contributed by atoms with E-state index in [0.717, 1.165) is 6.42 Å². The number of aryl methyl sites for hydroxylation is 1. The second-order valence-electron chi connectivity index (χ2n) is 3.68. The van der Waals surface area contributed by atoms with Gasteiger partial charge in [-0.25, -0.2) is 0 Å². The van der Waals surface area contributed by atoms with Gasteiger partial charge in [-0.2, -0.15) is 5.10 Å². The van der Waals surface area contributed by atoms with Crippen LogP contribution in [0.2, 0.25) is 0 Å². The molecule has 5 heteroatoms. The quantitative estimate of drug-likeness (QED) is 0.760. The third-order valence-electron chi connectivity index (χ3n) is 2.52. The fourth-order valence-corrected chi connectivity index (χ4v) is 2.59. The van der Waals surface area contributed by atoms with E-state index in [1.165, 1.54) is 9.75 Å². The molecule has 0 aliphatic carbocycles. The lowest BCUT2D eigenvalue weighted by Crippen LogP contribution is -2.02. The van der Waals surface area contributed by atoms with Gasteiger partial charge in [-0.15, -0.1) is 11.3 Å². The summed E-state index contributed by atoms with van der Waals surface area (Å²) in [6.07, 6.45) is 2.62. The number of hydrogen-bond acceptors (Lipinski definition) is 4. The topological polar surface area (TPSA) is 74.9 Å². The van der Waals surface area contributed by atoms with Gasteiger partial charge in [0.2, 0.25) is 0 Å². The minimum absolute atomic E-state index is 0.444. The van der Waals surface area contributed by atoms with Crippen molar-refractivity contribution in [3.63, 3.8) is 0 Å². The van der Waals surface area contributed by atoms with Crippen molar-refractivity contribution in [2.45, 2.75) is 25.9 Å². The average molecular weight is 237 g/mol. The Morgan fingerprint density at radius 2 is 2.25 bits per heavy atom. The Labute approximate surface area is 98.1 Å². The highest BCUT2D eigenvalue weighted by Crippen LogP contribution is 2.25. The molecule has 2 rings (SSSR count). The molecular formula is C11H15N3OS. The van der Waals surface area contributed by atoms with Gasteiger partial charge in [0.15, 0.2) is 0 Å². The van der Waals surface area contributed by atoms with Crippen LogP contribution in [-0.4, -0.2) is 15.3 Å². The van der Waals surface area contributed by atoms with Crippen LogP contribution in [0.5, 0.6) is 0 Å². The number of nitrogen functional groups attached to an aromatic ring is 1. The monoisotopic (exact) mass is 237 g/mol. The van der Waals surface area contributed by atoms with Crippen molar-refractivity contribution >= 4 is 17.2 Å². The lowest BCUT2D eigenvalue weighted by Gasteiger charge is -2.07. The highest BCUT2D eigenvalue weighted by molar-refractivity contribution is 7.11. The van der Waals surface area contributed by atoms with Gasteiger partial charge in [-0.3, -0.25) is 5.10 Å². The molecule has 0 radical (unpaired) electrons. The van der Waals surface area contributed by atoms with E-state index in [2.05, 4.69) is 29.3 Å². The molecule has 86 valence electrons. The number of nitrogens with one attached hydrogen (secondary N) is 1. The molecule has 0 aliphatic rings. The Balaban J connectivity index is 2.07. The number of H-pyrrole nitrogens is 1. The number of thiophene rings is 1. The van der Waals surface area contributed by atoms with Crippen molar-refractivity contribution < 1.29 is 5.11 Å². The molecule has 2 aromatic heterocycles. The van der Waals surface area contributed by atoms with Crippen molar-refractivity contribution in [2.24, 2.45) is 0 Å². The zero-order chi connectivity index (χ0) is 11.5. The predicted octanol–water partition coefficient (Wildman–Crippen LogP) is 1.89. The molecule has 0 amide bonds. The third-order valence-corrected chi connectivity index (χ3v) is 3.77. The van der Waals surface area contributed by atoms with E-state index < -0.39 is 6.10 Å². The maximum absolute atomic E-state index is 9.99. The van der Waals surface area contributed by atoms with E-state index in [9.17, 15) is 5.11 Å². The molecule has 4 nitrogen and oxygen atoms in total. The molecule has 4 N–H and O–H groups in total. The maximum atomic E-state index is 9.99. The van der Waals surface area contributed by atoms with E-state index in [4.69, 9.17) is 5.73 Å². The normalized spacial score (nSPS) is 12.9. The van der Waals surface area contributed by atoms with Crippen LogP contribution in [0, 0.1) is 0 Å². The molecule has 0 aromatic carbocycles. The number of nitrogens with zero attached hydrogens (tertiary/aromatic N) is 1. The molecule has 2 heterocycles. The number of aromatic nitrogens is 2. The van der Waals surface area contributed by atoms with Gasteiger partial charge in [0, 0.05) is 21.7 Å². The molecule has 0 saturated heterocycles. The molecule has 1 atom stereocenters.